The Morgan fingerprint density at radius 3 is 2.71 bits per heavy atom. The smallest absolute Gasteiger partial charge is 0.411 e. The molecular weight excluding hydrogens is 699 g/mol. The van der Waals surface area contributed by atoms with Gasteiger partial charge in [0.05, 0.1) is 50.1 Å². The minimum atomic E-state index is -1.96. The SMILES string of the molecule is CCN[C@H]1CO[C@@H](O[C@H]2[C@H](O[C@H]3C#C/C=C\C#CC4(O)CC(=O)C(NC(=O)OC)=C3/C4=C/CSSSC)O[C@H](C)[C@@H](NO)[C@@H]2O)C[C@@H]1OC. The van der Waals surface area contributed by atoms with Crippen LogP contribution in [0.5, 0.6) is 0 Å². The number of carbonyl (C=O) groups is 2. The number of carbonyl (C=O) groups excluding carboxylic acids is 2. The zero-order valence-corrected chi connectivity index (χ0v) is 30.2. The largest absolute Gasteiger partial charge is 0.453 e. The quantitative estimate of drug-likeness (QED) is 0.0689. The molecule has 2 bridgehead atoms. The number of nitrogens with one attached hydrogen (secondary N) is 3. The zero-order valence-electron chi connectivity index (χ0n) is 27.8. The molecule has 1 unspecified atom stereocenters. The fourth-order valence-electron chi connectivity index (χ4n) is 5.92. The number of hydrogen-bond acceptors (Lipinski definition) is 16. The Bertz CT molecular complexity index is 1410. The molecule has 4 rings (SSSR count). The maximum Gasteiger partial charge on any atom is 0.411 e. The average Bonchev–Trinajstić information content (AvgIpc) is 3.08. The van der Waals surface area contributed by atoms with Gasteiger partial charge in [-0.3, -0.25) is 10.1 Å². The molecule has 6 N–H and O–H groups in total. The van der Waals surface area contributed by atoms with Gasteiger partial charge in [-0.05, 0) is 41.7 Å². The minimum absolute atomic E-state index is 0.0461. The number of alkyl carbamates (subject to hydrolysis) is 1. The van der Waals surface area contributed by atoms with E-state index in [9.17, 15) is 25.0 Å². The third-order valence-electron chi connectivity index (χ3n) is 8.25. The van der Waals surface area contributed by atoms with Crippen LogP contribution < -0.4 is 16.1 Å². The maximum absolute atomic E-state index is 13.6. The molecular formula is C32H43N3O11S3. The average molecular weight is 742 g/mol. The van der Waals surface area contributed by atoms with Crippen molar-refractivity contribution in [1.82, 2.24) is 16.1 Å². The first kappa shape index (κ1) is 39.7. The van der Waals surface area contributed by atoms with Gasteiger partial charge in [0, 0.05) is 30.4 Å². The van der Waals surface area contributed by atoms with Crippen molar-refractivity contribution >= 4 is 43.3 Å². The Balaban J connectivity index is 1.78. The predicted octanol–water partition coefficient (Wildman–Crippen LogP) is 1.43. The normalized spacial score (nSPS) is 35.9. The van der Waals surface area contributed by atoms with E-state index in [4.69, 9.17) is 28.4 Å². The molecule has 10 atom stereocenters. The van der Waals surface area contributed by atoms with Crippen LogP contribution in [0, 0.1) is 23.7 Å². The summed E-state index contributed by atoms with van der Waals surface area (Å²) >= 11 is 0. The topological polar surface area (TPSA) is 186 Å². The second kappa shape index (κ2) is 19.0. The Kier molecular flexibility index (Phi) is 15.4. The molecule has 0 aromatic heterocycles. The summed E-state index contributed by atoms with van der Waals surface area (Å²) in [5, 5.41) is 39.1. The Hall–Kier alpha value is -2.07. The van der Waals surface area contributed by atoms with Gasteiger partial charge in [-0.25, -0.2) is 4.79 Å². The number of ether oxygens (including phenoxy) is 6. The molecule has 17 heteroatoms. The molecule has 2 heterocycles. The summed E-state index contributed by atoms with van der Waals surface area (Å²) < 4.78 is 35.5. The van der Waals surface area contributed by atoms with Gasteiger partial charge < -0.3 is 49.2 Å². The van der Waals surface area contributed by atoms with Crippen LogP contribution in [0.25, 0.3) is 0 Å². The van der Waals surface area contributed by atoms with Crippen LogP contribution in [0.1, 0.15) is 26.7 Å². The first-order valence-electron chi connectivity index (χ1n) is 15.6. The number of hydrogen-bond donors (Lipinski definition) is 6. The molecule has 270 valence electrons. The molecule has 0 radical (unpaired) electrons. The van der Waals surface area contributed by atoms with Crippen molar-refractivity contribution in [3.8, 4) is 23.7 Å². The van der Waals surface area contributed by atoms with E-state index in [1.54, 1.807) is 30.9 Å². The Morgan fingerprint density at radius 1 is 1.24 bits per heavy atom. The highest BCUT2D eigenvalue weighted by molar-refractivity contribution is 9.09. The molecule has 2 fully saturated rings. The highest BCUT2D eigenvalue weighted by Gasteiger charge is 2.50. The standard InChI is InChI=1S/C32H43N3O11S3/c1-6-33-20-17-43-24(15-23(20)41-3)46-29-28(37)26(35-40)18(2)44-30(29)45-22-11-9-7-8-10-13-32(39)16-21(36)27(34-31(38)42-4)25(22)19(32)12-14-48-49-47-5/h7-8,12,18,20,22-24,26,28-30,33,35,37,39-40H,6,14-17H2,1-5H3,(H,34,38)/b8-7-,19-12-/t18-,20+,22+,23+,24+,26-,28+,29-,30+,32?/m1/s1. The number of hydroxylamine groups is 1. The van der Waals surface area contributed by atoms with Crippen LogP contribution in [0.3, 0.4) is 0 Å². The summed E-state index contributed by atoms with van der Waals surface area (Å²) in [5.41, 5.74) is 0.193. The van der Waals surface area contributed by atoms with E-state index in [1.165, 1.54) is 32.8 Å². The van der Waals surface area contributed by atoms with E-state index in [-0.39, 0.29) is 35.6 Å². The molecule has 2 aliphatic heterocycles. The number of methoxy groups -OCH3 is 2. The van der Waals surface area contributed by atoms with Crippen molar-refractivity contribution in [2.45, 2.75) is 87.5 Å². The third-order valence-corrected chi connectivity index (χ3v) is 12.0. The fourth-order valence-corrected chi connectivity index (χ4v) is 8.33. The molecule has 0 spiro atoms. The summed E-state index contributed by atoms with van der Waals surface area (Å²) in [6.07, 6.45) is -1.79. The number of aliphatic hydroxyl groups excluding tert-OH is 1. The third kappa shape index (κ3) is 9.84. The summed E-state index contributed by atoms with van der Waals surface area (Å²) in [4.78, 5) is 26.2. The van der Waals surface area contributed by atoms with Crippen molar-refractivity contribution in [3.05, 3.63) is 35.1 Å². The van der Waals surface area contributed by atoms with Gasteiger partial charge in [-0.15, -0.1) is 0 Å². The second-order valence-electron chi connectivity index (χ2n) is 11.3. The van der Waals surface area contributed by atoms with Crippen LogP contribution in [0.15, 0.2) is 35.1 Å². The molecule has 49 heavy (non-hydrogen) atoms. The van der Waals surface area contributed by atoms with Crippen LogP contribution in [-0.2, 0) is 33.2 Å². The zero-order chi connectivity index (χ0) is 35.6. The highest BCUT2D eigenvalue weighted by atomic mass is 33.5. The lowest BCUT2D eigenvalue weighted by Crippen LogP contribution is -2.64. The number of fused-ring (bicyclic) bond motifs is 2. The second-order valence-corrected chi connectivity index (χ2v) is 15.7. The van der Waals surface area contributed by atoms with Crippen molar-refractivity contribution in [3.63, 3.8) is 0 Å². The summed E-state index contributed by atoms with van der Waals surface area (Å²) in [7, 11) is 7.30. The molecule has 0 saturated carbocycles. The van der Waals surface area contributed by atoms with Crippen molar-refractivity contribution in [2.24, 2.45) is 0 Å². The molecule has 1 amide bonds. The number of amides is 1. The van der Waals surface area contributed by atoms with E-state index in [0.29, 0.717) is 18.7 Å². The minimum Gasteiger partial charge on any atom is -0.453 e. The number of likely N-dealkylation sites (N-methyl/N-ethyl adjacent to an activating group) is 1. The van der Waals surface area contributed by atoms with Crippen LogP contribution in [0.2, 0.25) is 0 Å². The van der Waals surface area contributed by atoms with E-state index >= 15 is 0 Å². The van der Waals surface area contributed by atoms with Gasteiger partial charge in [0.1, 0.15) is 18.3 Å². The number of ketones is 1. The Labute approximate surface area is 297 Å². The first-order chi connectivity index (χ1) is 23.6. The molecule has 2 aliphatic carbocycles. The molecule has 0 aromatic carbocycles. The lowest BCUT2D eigenvalue weighted by atomic mass is 9.75. The molecule has 0 aromatic rings. The summed E-state index contributed by atoms with van der Waals surface area (Å²) in [5.74, 6) is 11.1. The predicted molar refractivity (Wildman–Crippen MR) is 185 cm³/mol. The van der Waals surface area contributed by atoms with E-state index in [0.717, 1.165) is 7.11 Å². The van der Waals surface area contributed by atoms with Crippen LogP contribution in [-0.4, -0.2) is 127 Å². The van der Waals surface area contributed by atoms with Gasteiger partial charge in [0.25, 0.3) is 0 Å². The van der Waals surface area contributed by atoms with Gasteiger partial charge in [-0.2, -0.15) is 5.48 Å². The van der Waals surface area contributed by atoms with Crippen LogP contribution >= 0.6 is 31.4 Å². The number of rotatable bonds is 13. The molecule has 14 nitrogen and oxygen atoms in total. The Morgan fingerprint density at radius 2 is 2.02 bits per heavy atom. The number of Topliss-reactive ketones (excluding diaryl/α,β-unsaturated/α-hetero) is 1. The van der Waals surface area contributed by atoms with Gasteiger partial charge >= 0.3 is 6.09 Å². The van der Waals surface area contributed by atoms with E-state index < -0.39 is 66.9 Å². The lowest BCUT2D eigenvalue weighted by Gasteiger charge is -2.46. The first-order valence-corrected chi connectivity index (χ1v) is 19.6. The number of allylic oxidation sites excluding steroid dienone is 3. The van der Waals surface area contributed by atoms with Crippen molar-refractivity contribution in [1.29, 1.82) is 0 Å². The van der Waals surface area contributed by atoms with E-state index in [1.807, 2.05) is 13.2 Å². The monoisotopic (exact) mass is 741 g/mol. The van der Waals surface area contributed by atoms with Crippen LogP contribution in [0.4, 0.5) is 4.79 Å². The fraction of sp³-hybridized carbons (Fsp3) is 0.625. The molecule has 4 aliphatic rings. The van der Waals surface area contributed by atoms with Gasteiger partial charge in [0.15, 0.2) is 24.0 Å². The summed E-state index contributed by atoms with van der Waals surface area (Å²) in [6, 6.07) is -1.06. The van der Waals surface area contributed by atoms with Gasteiger partial charge in [-0.1, -0.05) is 58.3 Å². The van der Waals surface area contributed by atoms with E-state index in [2.05, 4.69) is 39.8 Å². The summed E-state index contributed by atoms with van der Waals surface area (Å²) in [6.45, 7) is 4.58. The molecule has 2 saturated heterocycles. The van der Waals surface area contributed by atoms with Gasteiger partial charge in [0.2, 0.25) is 0 Å². The van der Waals surface area contributed by atoms with Crippen molar-refractivity contribution in [2.75, 3.05) is 39.4 Å². The maximum atomic E-state index is 13.6. The lowest BCUT2D eigenvalue weighted by molar-refractivity contribution is -0.329. The van der Waals surface area contributed by atoms with Crippen molar-refractivity contribution < 1.29 is 53.4 Å². The number of aliphatic hydroxyl groups is 2. The highest BCUT2D eigenvalue weighted by Crippen LogP contribution is 2.41.